The first-order valence-corrected chi connectivity index (χ1v) is 9.33. The topological polar surface area (TPSA) is 112 Å². The summed E-state index contributed by atoms with van der Waals surface area (Å²) < 4.78 is -0.500. The van der Waals surface area contributed by atoms with E-state index in [-0.39, 0.29) is 6.54 Å². The molecule has 26 heavy (non-hydrogen) atoms. The molecule has 0 heterocycles. The first kappa shape index (κ1) is 24.1. The van der Waals surface area contributed by atoms with Gasteiger partial charge in [-0.05, 0) is 46.5 Å². The molecule has 3 atom stereocenters. The van der Waals surface area contributed by atoms with Crippen LogP contribution in [0.25, 0.3) is 0 Å². The van der Waals surface area contributed by atoms with Crippen molar-refractivity contribution in [3.8, 4) is 0 Å². The molecule has 0 aromatic rings. The lowest BCUT2D eigenvalue weighted by molar-refractivity contribution is -0.968. The number of rotatable bonds is 14. The summed E-state index contributed by atoms with van der Waals surface area (Å²) in [6, 6.07) is -3.40. The van der Waals surface area contributed by atoms with Crippen molar-refractivity contribution < 1.29 is 34.2 Å². The number of hydrogen-bond donors (Lipinski definition) is 3. The van der Waals surface area contributed by atoms with Crippen LogP contribution >= 0.6 is 0 Å². The van der Waals surface area contributed by atoms with E-state index >= 15 is 0 Å². The highest BCUT2D eigenvalue weighted by Crippen LogP contribution is 2.27. The third-order valence-electron chi connectivity index (χ3n) is 5.29. The minimum Gasteiger partial charge on any atom is -0.477 e. The van der Waals surface area contributed by atoms with Crippen molar-refractivity contribution in [1.82, 2.24) is 0 Å². The molecule has 0 aromatic heterocycles. The van der Waals surface area contributed by atoms with E-state index in [1.54, 1.807) is 0 Å². The number of carboxylic acids is 3. The molecule has 7 heteroatoms. The van der Waals surface area contributed by atoms with Crippen molar-refractivity contribution in [2.75, 3.05) is 6.54 Å². The molecule has 0 saturated carbocycles. The van der Waals surface area contributed by atoms with Crippen molar-refractivity contribution in [2.24, 2.45) is 0 Å². The van der Waals surface area contributed by atoms with Gasteiger partial charge in [-0.3, -0.25) is 4.48 Å². The number of nitrogens with zero attached hydrogens (tertiary/aromatic N) is 1. The van der Waals surface area contributed by atoms with Crippen LogP contribution in [-0.4, -0.2) is 62.4 Å². The lowest BCUT2D eigenvalue weighted by Crippen LogP contribution is -2.70. The molecule has 0 fully saturated rings. The Kier molecular flexibility index (Phi) is 10.8. The monoisotopic (exact) mass is 372 g/mol. The molecule has 150 valence electrons. The second-order valence-corrected chi connectivity index (χ2v) is 6.87. The number of aliphatic carboxylic acids is 3. The van der Waals surface area contributed by atoms with Crippen LogP contribution in [0.5, 0.6) is 0 Å². The summed E-state index contributed by atoms with van der Waals surface area (Å²) in [6.45, 7) is 6.50. The molecule has 0 amide bonds. The van der Waals surface area contributed by atoms with E-state index in [9.17, 15) is 29.7 Å². The number of quaternary nitrogens is 1. The number of hydrogen-bond acceptors (Lipinski definition) is 3. The van der Waals surface area contributed by atoms with Gasteiger partial charge < -0.3 is 15.3 Å². The fraction of sp³-hybridized carbons (Fsp3) is 0.737. The number of carboxylic acid groups (broad SMARTS) is 3. The molecular weight excluding hydrogens is 338 g/mol. The summed E-state index contributed by atoms with van der Waals surface area (Å²) in [7, 11) is 0. The van der Waals surface area contributed by atoms with Gasteiger partial charge in [0.1, 0.15) is 0 Å². The Bertz CT molecular complexity index is 452. The first-order chi connectivity index (χ1) is 12.1. The van der Waals surface area contributed by atoms with E-state index in [0.29, 0.717) is 6.42 Å². The Hall–Kier alpha value is -1.89. The van der Waals surface area contributed by atoms with Gasteiger partial charge >= 0.3 is 17.9 Å². The predicted octanol–water partition coefficient (Wildman–Crippen LogP) is 3.14. The van der Waals surface area contributed by atoms with Crippen LogP contribution in [0.4, 0.5) is 0 Å². The lowest BCUT2D eigenvalue weighted by Gasteiger charge is -2.47. The zero-order valence-electron chi connectivity index (χ0n) is 16.4. The van der Waals surface area contributed by atoms with Gasteiger partial charge in [0.05, 0.1) is 6.54 Å². The van der Waals surface area contributed by atoms with E-state index < -0.39 is 40.5 Å². The van der Waals surface area contributed by atoms with Crippen LogP contribution in [0.3, 0.4) is 0 Å². The molecule has 0 rings (SSSR count). The van der Waals surface area contributed by atoms with Crippen molar-refractivity contribution in [2.45, 2.75) is 84.3 Å². The van der Waals surface area contributed by atoms with Crippen molar-refractivity contribution in [3.63, 3.8) is 0 Å². The number of unbranched alkanes of at least 4 members (excludes halogenated alkanes) is 4. The molecule has 0 saturated heterocycles. The van der Waals surface area contributed by atoms with Crippen LogP contribution in [0, 0.1) is 0 Å². The summed E-state index contributed by atoms with van der Waals surface area (Å²) in [5, 5.41) is 28.5. The van der Waals surface area contributed by atoms with Crippen molar-refractivity contribution in [1.29, 1.82) is 0 Å². The average Bonchev–Trinajstić information content (AvgIpc) is 2.58. The van der Waals surface area contributed by atoms with E-state index in [1.807, 2.05) is 0 Å². The molecule has 3 unspecified atom stereocenters. The fourth-order valence-electron chi connectivity index (χ4n) is 3.41. The van der Waals surface area contributed by atoms with Crippen LogP contribution < -0.4 is 0 Å². The molecule has 3 N–H and O–H groups in total. The maximum atomic E-state index is 11.6. The van der Waals surface area contributed by atoms with Gasteiger partial charge in [0.2, 0.25) is 0 Å². The highest BCUT2D eigenvalue weighted by Gasteiger charge is 2.52. The zero-order chi connectivity index (χ0) is 20.3. The summed E-state index contributed by atoms with van der Waals surface area (Å²) in [5.74, 6) is -3.57. The maximum absolute atomic E-state index is 11.6. The Labute approximate surface area is 155 Å². The van der Waals surface area contributed by atoms with Gasteiger partial charge in [0, 0.05) is 0 Å². The van der Waals surface area contributed by atoms with Gasteiger partial charge in [-0.15, -0.1) is 0 Å². The Morgan fingerprint density at radius 1 is 0.769 bits per heavy atom. The van der Waals surface area contributed by atoms with E-state index in [1.165, 1.54) is 20.8 Å². The first-order valence-electron chi connectivity index (χ1n) is 9.33. The molecule has 0 radical (unpaired) electrons. The summed E-state index contributed by atoms with van der Waals surface area (Å²) in [5.41, 5.74) is 0. The largest absolute Gasteiger partial charge is 0.477 e. The summed E-state index contributed by atoms with van der Waals surface area (Å²) in [6.07, 6.45) is 9.62. The Morgan fingerprint density at radius 2 is 1.15 bits per heavy atom. The third kappa shape index (κ3) is 6.44. The highest BCUT2D eigenvalue weighted by atomic mass is 16.4. The Morgan fingerprint density at radius 3 is 1.50 bits per heavy atom. The summed E-state index contributed by atoms with van der Waals surface area (Å²) in [4.78, 5) is 34.9. The predicted molar refractivity (Wildman–Crippen MR) is 98.9 cm³/mol. The van der Waals surface area contributed by atoms with Gasteiger partial charge in [-0.1, -0.05) is 31.9 Å². The maximum Gasteiger partial charge on any atom is 0.362 e. The van der Waals surface area contributed by atoms with Gasteiger partial charge in [-0.2, -0.15) is 0 Å². The standard InChI is InChI=1S/C19H33NO6/c1-5-6-7-8-9-10-11-12-13-20(14(2)17(21)22,15(3)18(23)24)16(4)19(25)26/h8-9,14-16H,5-7,10-13H2,1-4H3,(H2-,21,22,23,24,25,26)/p+1/b9-8+. The summed E-state index contributed by atoms with van der Waals surface area (Å²) >= 11 is 0. The lowest BCUT2D eigenvalue weighted by atomic mass is 10.0. The molecule has 0 bridgehead atoms. The van der Waals surface area contributed by atoms with Crippen LogP contribution in [0.1, 0.15) is 66.2 Å². The van der Waals surface area contributed by atoms with E-state index in [2.05, 4.69) is 19.1 Å². The molecular formula is C19H34NO6+. The van der Waals surface area contributed by atoms with Crippen molar-refractivity contribution >= 4 is 17.9 Å². The third-order valence-corrected chi connectivity index (χ3v) is 5.29. The average molecular weight is 372 g/mol. The molecule has 0 aromatic carbocycles. The van der Waals surface area contributed by atoms with Crippen LogP contribution in [0.15, 0.2) is 12.2 Å². The minimum absolute atomic E-state index is 0.192. The highest BCUT2D eigenvalue weighted by molar-refractivity contribution is 5.77. The second kappa shape index (κ2) is 11.7. The SMILES string of the molecule is CCCC/C=C/CCCC[N+](C(C)C(=O)O)(C(C)C(=O)O)C(C)C(=O)O. The molecule has 0 aliphatic rings. The Balaban J connectivity index is 5.30. The van der Waals surface area contributed by atoms with E-state index in [0.717, 1.165) is 32.1 Å². The smallest absolute Gasteiger partial charge is 0.362 e. The number of carbonyl (C=O) groups is 3. The molecule has 7 nitrogen and oxygen atoms in total. The quantitative estimate of drug-likeness (QED) is 0.245. The minimum atomic E-state index is -1.19. The van der Waals surface area contributed by atoms with Gasteiger partial charge in [-0.25, -0.2) is 14.4 Å². The van der Waals surface area contributed by atoms with Crippen LogP contribution in [0.2, 0.25) is 0 Å². The second-order valence-electron chi connectivity index (χ2n) is 6.87. The molecule has 0 aliphatic heterocycles. The van der Waals surface area contributed by atoms with Crippen LogP contribution in [-0.2, 0) is 14.4 Å². The van der Waals surface area contributed by atoms with Crippen molar-refractivity contribution in [3.05, 3.63) is 12.2 Å². The number of allylic oxidation sites excluding steroid dienone is 2. The fourth-order valence-corrected chi connectivity index (χ4v) is 3.41. The zero-order valence-corrected chi connectivity index (χ0v) is 16.4. The molecule has 0 spiro atoms. The van der Waals surface area contributed by atoms with Gasteiger partial charge in [0.15, 0.2) is 18.1 Å². The molecule has 0 aliphatic carbocycles. The normalized spacial score (nSPS) is 17.4. The van der Waals surface area contributed by atoms with Gasteiger partial charge in [0.25, 0.3) is 0 Å². The van der Waals surface area contributed by atoms with E-state index in [4.69, 9.17) is 0 Å².